The first kappa shape index (κ1) is 22.1. The fourth-order valence-corrected chi connectivity index (χ4v) is 3.29. The number of aromatic amines is 1. The van der Waals surface area contributed by atoms with E-state index >= 15 is 4.39 Å². The summed E-state index contributed by atoms with van der Waals surface area (Å²) in [5.41, 5.74) is -1.34. The number of esters is 2. The van der Waals surface area contributed by atoms with Gasteiger partial charge < -0.3 is 14.2 Å². The molecule has 1 aliphatic rings. The van der Waals surface area contributed by atoms with E-state index in [1.807, 2.05) is 4.98 Å². The predicted octanol–water partition coefficient (Wildman–Crippen LogP) is 1.25. The number of ether oxygens (including phenoxy) is 3. The van der Waals surface area contributed by atoms with Gasteiger partial charge in [0.2, 0.25) is 0 Å². The summed E-state index contributed by atoms with van der Waals surface area (Å²) in [6.07, 6.45) is -5.65. The maximum Gasteiger partial charge on any atom is 0.347 e. The Kier molecular flexibility index (Phi) is 6.41. The number of carbonyl (C=O) groups excluding carboxylic acids is 2. The second-order valence-electron chi connectivity index (χ2n) is 7.09. The van der Waals surface area contributed by atoms with Gasteiger partial charge in [-0.05, 0) is 24.3 Å². The largest absolute Gasteiger partial charge is 0.459 e. The van der Waals surface area contributed by atoms with Crippen LogP contribution in [-0.4, -0.2) is 51.7 Å². The summed E-state index contributed by atoms with van der Waals surface area (Å²) in [6.45, 7) is -0.463. The SMILES string of the molecule is O=C(OC[C@H]1O[C@@H](n2ncc(=O)[nH]c2=O)[C@H](F)C1OC(=O)c1ccccc1)c1ccccc1. The molecule has 2 heterocycles. The van der Waals surface area contributed by atoms with Crippen molar-refractivity contribution in [2.45, 2.75) is 24.6 Å². The Morgan fingerprint density at radius 3 is 2.21 bits per heavy atom. The summed E-state index contributed by atoms with van der Waals surface area (Å²) in [5.74, 6) is -1.51. The highest BCUT2D eigenvalue weighted by atomic mass is 19.1. The Bertz CT molecular complexity index is 1250. The molecule has 0 saturated carbocycles. The molecule has 0 amide bonds. The standard InChI is InChI=1S/C22H18FN3O7/c23-17-18(33-21(29)14-9-5-2-6-10-14)15(12-31-20(28)13-7-3-1-4-8-13)32-19(17)26-22(30)25-16(27)11-24-26/h1-11,15,17-19H,12H2,(H,25,27,30)/t15-,17-,18?,19-/m1/s1. The Morgan fingerprint density at radius 2 is 1.61 bits per heavy atom. The molecule has 0 radical (unpaired) electrons. The lowest BCUT2D eigenvalue weighted by Crippen LogP contribution is -2.39. The molecule has 1 unspecified atom stereocenters. The molecular weight excluding hydrogens is 437 g/mol. The summed E-state index contributed by atoms with van der Waals surface area (Å²) in [7, 11) is 0. The summed E-state index contributed by atoms with van der Waals surface area (Å²) in [6, 6.07) is 16.0. The molecule has 4 rings (SSSR count). The molecule has 2 aromatic carbocycles. The maximum atomic E-state index is 15.4. The van der Waals surface area contributed by atoms with Gasteiger partial charge in [-0.2, -0.15) is 9.78 Å². The van der Waals surface area contributed by atoms with Crippen molar-refractivity contribution in [3.63, 3.8) is 0 Å². The maximum absolute atomic E-state index is 15.4. The Morgan fingerprint density at radius 1 is 1.00 bits per heavy atom. The number of nitrogens with one attached hydrogen (secondary N) is 1. The minimum atomic E-state index is -2.05. The van der Waals surface area contributed by atoms with Crippen LogP contribution in [0.5, 0.6) is 0 Å². The van der Waals surface area contributed by atoms with Gasteiger partial charge >= 0.3 is 17.6 Å². The molecule has 33 heavy (non-hydrogen) atoms. The van der Waals surface area contributed by atoms with Crippen LogP contribution in [0, 0.1) is 0 Å². The number of H-pyrrole nitrogens is 1. The molecule has 0 spiro atoms. The molecule has 3 aromatic rings. The van der Waals surface area contributed by atoms with Crippen molar-refractivity contribution in [2.75, 3.05) is 6.61 Å². The van der Waals surface area contributed by atoms with Gasteiger partial charge in [0, 0.05) is 0 Å². The van der Waals surface area contributed by atoms with Crippen LogP contribution in [0.1, 0.15) is 26.9 Å². The topological polar surface area (TPSA) is 130 Å². The van der Waals surface area contributed by atoms with Crippen molar-refractivity contribution in [3.8, 4) is 0 Å². The van der Waals surface area contributed by atoms with Crippen LogP contribution in [0.25, 0.3) is 0 Å². The highest BCUT2D eigenvalue weighted by molar-refractivity contribution is 5.90. The van der Waals surface area contributed by atoms with Crippen LogP contribution < -0.4 is 11.2 Å². The van der Waals surface area contributed by atoms with Crippen LogP contribution in [0.3, 0.4) is 0 Å². The first-order valence-electron chi connectivity index (χ1n) is 9.90. The fraction of sp³-hybridized carbons (Fsp3) is 0.227. The van der Waals surface area contributed by atoms with Gasteiger partial charge in [-0.25, -0.2) is 18.8 Å². The minimum absolute atomic E-state index is 0.174. The van der Waals surface area contributed by atoms with Gasteiger partial charge in [-0.3, -0.25) is 9.78 Å². The monoisotopic (exact) mass is 455 g/mol. The number of rotatable bonds is 6. The van der Waals surface area contributed by atoms with E-state index in [2.05, 4.69) is 5.10 Å². The molecule has 1 saturated heterocycles. The van der Waals surface area contributed by atoms with Crippen molar-refractivity contribution in [1.82, 2.24) is 14.8 Å². The molecule has 1 N–H and O–H groups in total. The van der Waals surface area contributed by atoms with Gasteiger partial charge in [-0.15, -0.1) is 0 Å². The summed E-state index contributed by atoms with van der Waals surface area (Å²) in [5, 5.41) is 3.61. The molecule has 0 bridgehead atoms. The van der Waals surface area contributed by atoms with E-state index in [-0.39, 0.29) is 11.1 Å². The number of halogens is 1. The Hall–Kier alpha value is -4.12. The zero-order chi connectivity index (χ0) is 23.4. The molecular formula is C22H18FN3O7. The molecule has 0 aliphatic carbocycles. The van der Waals surface area contributed by atoms with Gasteiger partial charge in [0.15, 0.2) is 18.5 Å². The Labute approximate surface area is 185 Å². The van der Waals surface area contributed by atoms with E-state index in [9.17, 15) is 19.2 Å². The van der Waals surface area contributed by atoms with Crippen LogP contribution in [0.15, 0.2) is 76.4 Å². The van der Waals surface area contributed by atoms with E-state index < -0.39 is 54.4 Å². The molecule has 10 nitrogen and oxygen atoms in total. The van der Waals surface area contributed by atoms with E-state index in [1.54, 1.807) is 36.4 Å². The number of hydrogen-bond acceptors (Lipinski definition) is 8. The van der Waals surface area contributed by atoms with Gasteiger partial charge in [0.25, 0.3) is 5.56 Å². The molecule has 4 atom stereocenters. The average Bonchev–Trinajstić information content (AvgIpc) is 3.13. The number of alkyl halides is 1. The third kappa shape index (κ3) is 4.88. The summed E-state index contributed by atoms with van der Waals surface area (Å²) in [4.78, 5) is 50.1. The van der Waals surface area contributed by atoms with Crippen LogP contribution in [0.2, 0.25) is 0 Å². The third-order valence-electron chi connectivity index (χ3n) is 4.89. The molecule has 1 fully saturated rings. The second kappa shape index (κ2) is 9.57. The average molecular weight is 455 g/mol. The van der Waals surface area contributed by atoms with E-state index in [1.165, 1.54) is 24.3 Å². The normalized spacial score (nSPS) is 22.0. The molecule has 1 aromatic heterocycles. The van der Waals surface area contributed by atoms with Crippen LogP contribution in [0.4, 0.5) is 4.39 Å². The summed E-state index contributed by atoms with van der Waals surface area (Å²) < 4.78 is 32.1. The fourth-order valence-electron chi connectivity index (χ4n) is 3.29. The lowest BCUT2D eigenvalue weighted by Gasteiger charge is -2.19. The number of benzene rings is 2. The predicted molar refractivity (Wildman–Crippen MR) is 110 cm³/mol. The number of nitrogens with zero attached hydrogens (tertiary/aromatic N) is 2. The minimum Gasteiger partial charge on any atom is -0.459 e. The number of hydrogen-bond donors (Lipinski definition) is 1. The molecule has 1 aliphatic heterocycles. The summed E-state index contributed by atoms with van der Waals surface area (Å²) >= 11 is 0. The highest BCUT2D eigenvalue weighted by Crippen LogP contribution is 2.33. The van der Waals surface area contributed by atoms with Crippen molar-refractivity contribution >= 4 is 11.9 Å². The lowest BCUT2D eigenvalue weighted by molar-refractivity contribution is -0.0633. The van der Waals surface area contributed by atoms with Crippen LogP contribution >= 0.6 is 0 Å². The van der Waals surface area contributed by atoms with E-state index in [0.29, 0.717) is 4.68 Å². The first-order chi connectivity index (χ1) is 15.9. The number of aromatic nitrogens is 3. The highest BCUT2D eigenvalue weighted by Gasteiger charge is 2.50. The second-order valence-corrected chi connectivity index (χ2v) is 7.09. The zero-order valence-electron chi connectivity index (χ0n) is 17.0. The van der Waals surface area contributed by atoms with Gasteiger partial charge in [0.1, 0.15) is 18.9 Å². The van der Waals surface area contributed by atoms with Crippen molar-refractivity contribution in [3.05, 3.63) is 98.8 Å². The van der Waals surface area contributed by atoms with E-state index in [4.69, 9.17) is 14.2 Å². The first-order valence-corrected chi connectivity index (χ1v) is 9.90. The zero-order valence-corrected chi connectivity index (χ0v) is 17.0. The Balaban J connectivity index is 1.56. The van der Waals surface area contributed by atoms with Gasteiger partial charge in [0.05, 0.1) is 11.1 Å². The van der Waals surface area contributed by atoms with Crippen molar-refractivity contribution in [1.29, 1.82) is 0 Å². The quantitative estimate of drug-likeness (QED) is 0.550. The third-order valence-corrected chi connectivity index (χ3v) is 4.89. The number of carbonyl (C=O) groups is 2. The van der Waals surface area contributed by atoms with Crippen molar-refractivity contribution in [2.24, 2.45) is 0 Å². The van der Waals surface area contributed by atoms with Crippen LogP contribution in [-0.2, 0) is 14.2 Å². The molecule has 11 heteroatoms. The lowest BCUT2D eigenvalue weighted by atomic mass is 10.1. The van der Waals surface area contributed by atoms with E-state index in [0.717, 1.165) is 6.20 Å². The van der Waals surface area contributed by atoms with Crippen molar-refractivity contribution < 1.29 is 28.2 Å². The smallest absolute Gasteiger partial charge is 0.347 e. The van der Waals surface area contributed by atoms with Gasteiger partial charge in [-0.1, -0.05) is 36.4 Å². The molecule has 170 valence electrons.